The fraction of sp³-hybridized carbons (Fsp3) is 0.517. The van der Waals surface area contributed by atoms with Gasteiger partial charge in [0.15, 0.2) is 0 Å². The number of piperazine rings is 1. The first kappa shape index (κ1) is 25.4. The van der Waals surface area contributed by atoms with Crippen molar-refractivity contribution in [1.29, 1.82) is 0 Å². The summed E-state index contributed by atoms with van der Waals surface area (Å²) in [5.74, 6) is 1.06. The van der Waals surface area contributed by atoms with E-state index in [1.165, 1.54) is 23.9 Å². The van der Waals surface area contributed by atoms with E-state index in [4.69, 9.17) is 9.97 Å². The summed E-state index contributed by atoms with van der Waals surface area (Å²) < 4.78 is 0. The summed E-state index contributed by atoms with van der Waals surface area (Å²) in [6.07, 6.45) is 4.52. The zero-order valence-corrected chi connectivity index (χ0v) is 22.0. The van der Waals surface area contributed by atoms with Gasteiger partial charge in [0, 0.05) is 74.1 Å². The van der Waals surface area contributed by atoms with Gasteiger partial charge >= 0.3 is 0 Å². The molecule has 3 fully saturated rings. The molecule has 0 saturated carbocycles. The first-order chi connectivity index (χ1) is 17.2. The van der Waals surface area contributed by atoms with E-state index in [1.54, 1.807) is 0 Å². The van der Waals surface area contributed by atoms with Gasteiger partial charge in [0.1, 0.15) is 5.82 Å². The number of pyridine rings is 2. The maximum absolute atomic E-state index is 4.98. The minimum absolute atomic E-state index is 0.469. The molecular weight excluding hydrogens is 432 g/mol. The summed E-state index contributed by atoms with van der Waals surface area (Å²) >= 11 is 0. The summed E-state index contributed by atoms with van der Waals surface area (Å²) in [4.78, 5) is 14.6. The molecule has 6 nitrogen and oxygen atoms in total. The molecule has 1 aromatic carbocycles. The van der Waals surface area contributed by atoms with Crippen molar-refractivity contribution >= 4 is 22.4 Å². The number of fused-ring (bicyclic) bond motifs is 1. The van der Waals surface area contributed by atoms with Gasteiger partial charge in [0.25, 0.3) is 0 Å². The number of benzene rings is 1. The van der Waals surface area contributed by atoms with Crippen LogP contribution in [0.25, 0.3) is 22.2 Å². The summed E-state index contributed by atoms with van der Waals surface area (Å²) in [6.45, 7) is 16.9. The number of nitrogens with one attached hydrogen (secondary N) is 2. The van der Waals surface area contributed by atoms with Crippen molar-refractivity contribution in [2.24, 2.45) is 5.41 Å². The lowest BCUT2D eigenvalue weighted by Gasteiger charge is -2.49. The van der Waals surface area contributed by atoms with Crippen LogP contribution >= 0.6 is 0 Å². The molecule has 188 valence electrons. The van der Waals surface area contributed by atoms with Gasteiger partial charge in [-0.2, -0.15) is 0 Å². The number of nitrogens with zero attached hydrogens (tertiary/aromatic N) is 4. The van der Waals surface area contributed by atoms with E-state index in [0.717, 1.165) is 74.9 Å². The number of hydrogen-bond donors (Lipinski definition) is 2. The van der Waals surface area contributed by atoms with Gasteiger partial charge < -0.3 is 20.4 Å². The van der Waals surface area contributed by atoms with Crippen LogP contribution < -0.4 is 20.4 Å². The van der Waals surface area contributed by atoms with Crippen LogP contribution in [0.5, 0.6) is 0 Å². The van der Waals surface area contributed by atoms with Crippen molar-refractivity contribution in [1.82, 2.24) is 20.6 Å². The second-order valence-electron chi connectivity index (χ2n) is 9.68. The Morgan fingerprint density at radius 1 is 0.914 bits per heavy atom. The van der Waals surface area contributed by atoms with Crippen LogP contribution in [0.2, 0.25) is 0 Å². The molecule has 0 unspecified atom stereocenters. The molecule has 5 heterocycles. The maximum Gasteiger partial charge on any atom is 0.128 e. The van der Waals surface area contributed by atoms with Crippen LogP contribution in [0.3, 0.4) is 0 Å². The summed E-state index contributed by atoms with van der Waals surface area (Å²) in [5.41, 5.74) is 4.92. The highest BCUT2D eigenvalue weighted by Gasteiger charge is 2.45. The van der Waals surface area contributed by atoms with E-state index < -0.39 is 0 Å². The minimum atomic E-state index is 0.469. The highest BCUT2D eigenvalue weighted by molar-refractivity contribution is 5.94. The van der Waals surface area contributed by atoms with E-state index in [1.807, 2.05) is 20.0 Å². The third-order valence-corrected chi connectivity index (χ3v) is 6.90. The van der Waals surface area contributed by atoms with Crippen molar-refractivity contribution < 1.29 is 0 Å². The number of aromatic nitrogens is 2. The molecular formula is C29H42N6. The predicted octanol–water partition coefficient (Wildman–Crippen LogP) is 4.95. The molecule has 3 aliphatic rings. The Kier molecular flexibility index (Phi) is 8.58. The van der Waals surface area contributed by atoms with Crippen LogP contribution in [0.4, 0.5) is 11.5 Å². The first-order valence-corrected chi connectivity index (χ1v) is 13.5. The van der Waals surface area contributed by atoms with Crippen molar-refractivity contribution in [3.8, 4) is 11.3 Å². The van der Waals surface area contributed by atoms with E-state index in [-0.39, 0.29) is 0 Å². The SMILES string of the molecule is CC.CCC.c1ccc2c(N3CC4(CCNC4)C3)cc(-c3ccc(N4CCNCC4)nc3)nc2c1. The molecule has 6 heteroatoms. The predicted molar refractivity (Wildman–Crippen MR) is 150 cm³/mol. The average Bonchev–Trinajstić information content (AvgIpc) is 3.40. The summed E-state index contributed by atoms with van der Waals surface area (Å²) in [7, 11) is 0. The van der Waals surface area contributed by atoms with E-state index >= 15 is 0 Å². The highest BCUT2D eigenvalue weighted by atomic mass is 15.2. The topological polar surface area (TPSA) is 56.3 Å². The number of rotatable bonds is 3. The highest BCUT2D eigenvalue weighted by Crippen LogP contribution is 2.42. The largest absolute Gasteiger partial charge is 0.370 e. The average molecular weight is 475 g/mol. The Bertz CT molecular complexity index is 1060. The standard InChI is InChI=1S/C24H28N6.C3H8.C2H6/c1-2-4-20-19(3-1)22(30-16-24(17-30)7-8-26-15-24)13-21(28-20)18-5-6-23(27-14-18)29-11-9-25-10-12-29;1-3-2;1-2/h1-6,13-14,25-26H,7-12,15-17H2;3H2,1-2H3;1-2H3. The lowest BCUT2D eigenvalue weighted by molar-refractivity contribution is 0.244. The van der Waals surface area contributed by atoms with Crippen molar-refractivity contribution in [3.63, 3.8) is 0 Å². The Hall–Kier alpha value is -2.70. The quantitative estimate of drug-likeness (QED) is 0.560. The zero-order chi connectivity index (χ0) is 24.7. The van der Waals surface area contributed by atoms with Gasteiger partial charge in [-0.3, -0.25) is 0 Å². The minimum Gasteiger partial charge on any atom is -0.370 e. The molecule has 1 spiro atoms. The summed E-state index contributed by atoms with van der Waals surface area (Å²) in [6, 6.07) is 15.1. The van der Waals surface area contributed by atoms with Gasteiger partial charge in [-0.15, -0.1) is 0 Å². The van der Waals surface area contributed by atoms with Crippen molar-refractivity contribution in [2.75, 3.05) is 62.2 Å². The summed E-state index contributed by atoms with van der Waals surface area (Å²) in [5, 5.41) is 8.18. The molecule has 3 aromatic rings. The van der Waals surface area contributed by atoms with Gasteiger partial charge in [-0.05, 0) is 37.2 Å². The molecule has 0 bridgehead atoms. The molecule has 0 amide bonds. The Balaban J connectivity index is 0.000000539. The molecule has 0 aliphatic carbocycles. The monoisotopic (exact) mass is 474 g/mol. The lowest BCUT2D eigenvalue weighted by Crippen LogP contribution is -2.57. The van der Waals surface area contributed by atoms with Crippen LogP contribution in [0, 0.1) is 5.41 Å². The van der Waals surface area contributed by atoms with Gasteiger partial charge in [-0.1, -0.05) is 52.3 Å². The maximum atomic E-state index is 4.98. The number of hydrogen-bond acceptors (Lipinski definition) is 6. The lowest BCUT2D eigenvalue weighted by atomic mass is 9.78. The Morgan fingerprint density at radius 3 is 2.31 bits per heavy atom. The van der Waals surface area contributed by atoms with Gasteiger partial charge in [0.2, 0.25) is 0 Å². The molecule has 0 atom stereocenters. The van der Waals surface area contributed by atoms with Crippen LogP contribution in [-0.4, -0.2) is 62.3 Å². The van der Waals surface area contributed by atoms with Crippen LogP contribution in [0.1, 0.15) is 40.5 Å². The molecule has 6 rings (SSSR count). The Labute approximate surface area is 211 Å². The second kappa shape index (κ2) is 11.8. The molecule has 0 radical (unpaired) electrons. The third-order valence-electron chi connectivity index (χ3n) is 6.90. The van der Waals surface area contributed by atoms with Gasteiger partial charge in [0.05, 0.1) is 11.2 Å². The van der Waals surface area contributed by atoms with E-state index in [0.29, 0.717) is 5.41 Å². The second-order valence-corrected chi connectivity index (χ2v) is 9.68. The molecule has 3 saturated heterocycles. The third kappa shape index (κ3) is 5.60. The molecule has 3 aliphatic heterocycles. The fourth-order valence-electron chi connectivity index (χ4n) is 5.18. The van der Waals surface area contributed by atoms with Gasteiger partial charge in [-0.25, -0.2) is 9.97 Å². The zero-order valence-electron chi connectivity index (χ0n) is 22.0. The van der Waals surface area contributed by atoms with E-state index in [9.17, 15) is 0 Å². The Morgan fingerprint density at radius 2 is 1.66 bits per heavy atom. The molecule has 2 N–H and O–H groups in total. The van der Waals surface area contributed by atoms with Crippen LogP contribution in [0.15, 0.2) is 48.7 Å². The normalized spacial score (nSPS) is 18.4. The van der Waals surface area contributed by atoms with Crippen molar-refractivity contribution in [2.45, 2.75) is 40.5 Å². The molecule has 2 aromatic heterocycles. The smallest absolute Gasteiger partial charge is 0.128 e. The number of para-hydroxylation sites is 1. The van der Waals surface area contributed by atoms with Crippen molar-refractivity contribution in [3.05, 3.63) is 48.7 Å². The van der Waals surface area contributed by atoms with Crippen LogP contribution in [-0.2, 0) is 0 Å². The molecule has 35 heavy (non-hydrogen) atoms. The van der Waals surface area contributed by atoms with E-state index in [2.05, 4.69) is 76.7 Å². The number of anilines is 2. The first-order valence-electron chi connectivity index (χ1n) is 13.5. The fourth-order valence-corrected chi connectivity index (χ4v) is 5.18.